The molecule has 0 spiro atoms. The SMILES string of the molecule is COc1cc(C)c([S+]([O-])C[C@H]2C[C@@H](N(C)c3ncnc4[nH]ccc34)C2)cn1. The third kappa shape index (κ3) is 3.46. The molecule has 1 fully saturated rings. The summed E-state index contributed by atoms with van der Waals surface area (Å²) in [4.78, 5) is 19.0. The number of hydrogen-bond acceptors (Lipinski definition) is 6. The summed E-state index contributed by atoms with van der Waals surface area (Å²) in [7, 11) is 3.66. The molecule has 0 amide bonds. The zero-order chi connectivity index (χ0) is 19.0. The molecular formula is C19H23N5O2S. The quantitative estimate of drug-likeness (QED) is 0.656. The largest absolute Gasteiger partial charge is 0.611 e. The molecule has 0 radical (unpaired) electrons. The number of aryl methyl sites for hydroxylation is 1. The van der Waals surface area contributed by atoms with Crippen molar-refractivity contribution in [3.63, 3.8) is 0 Å². The summed E-state index contributed by atoms with van der Waals surface area (Å²) >= 11 is -1.04. The van der Waals surface area contributed by atoms with E-state index in [1.54, 1.807) is 19.6 Å². The van der Waals surface area contributed by atoms with Crippen LogP contribution in [0.25, 0.3) is 11.0 Å². The van der Waals surface area contributed by atoms with E-state index in [4.69, 9.17) is 4.74 Å². The number of H-pyrrole nitrogens is 1. The van der Waals surface area contributed by atoms with Gasteiger partial charge in [-0.2, -0.15) is 0 Å². The van der Waals surface area contributed by atoms with Crippen molar-refractivity contribution in [3.05, 3.63) is 36.4 Å². The molecular weight excluding hydrogens is 362 g/mol. The Morgan fingerprint density at radius 2 is 2.15 bits per heavy atom. The van der Waals surface area contributed by atoms with Crippen LogP contribution in [-0.2, 0) is 11.2 Å². The van der Waals surface area contributed by atoms with Gasteiger partial charge in [0.2, 0.25) is 5.88 Å². The Hall–Kier alpha value is -2.32. The van der Waals surface area contributed by atoms with Gasteiger partial charge in [0.15, 0.2) is 4.90 Å². The summed E-state index contributed by atoms with van der Waals surface area (Å²) in [6, 6.07) is 4.25. The normalized spacial score (nSPS) is 20.3. The van der Waals surface area contributed by atoms with Gasteiger partial charge in [-0.25, -0.2) is 15.0 Å². The molecule has 1 unspecified atom stereocenters. The Balaban J connectivity index is 1.37. The molecule has 0 aliphatic heterocycles. The van der Waals surface area contributed by atoms with Crippen molar-refractivity contribution in [1.82, 2.24) is 19.9 Å². The van der Waals surface area contributed by atoms with Crippen LogP contribution < -0.4 is 9.64 Å². The van der Waals surface area contributed by atoms with Gasteiger partial charge >= 0.3 is 0 Å². The van der Waals surface area contributed by atoms with Crippen LogP contribution in [0.3, 0.4) is 0 Å². The van der Waals surface area contributed by atoms with E-state index in [9.17, 15) is 4.55 Å². The third-order valence-corrected chi connectivity index (χ3v) is 7.00. The van der Waals surface area contributed by atoms with Gasteiger partial charge in [-0.15, -0.1) is 0 Å². The number of hydrogen-bond donors (Lipinski definition) is 1. The molecule has 142 valence electrons. The van der Waals surface area contributed by atoms with Gasteiger partial charge in [0.1, 0.15) is 23.5 Å². The van der Waals surface area contributed by atoms with Crippen molar-refractivity contribution < 1.29 is 9.29 Å². The van der Waals surface area contributed by atoms with Gasteiger partial charge in [0.05, 0.1) is 18.7 Å². The first-order valence-electron chi connectivity index (χ1n) is 8.96. The second-order valence-electron chi connectivity index (χ2n) is 7.04. The highest BCUT2D eigenvalue weighted by Gasteiger charge is 2.36. The number of aromatic amines is 1. The van der Waals surface area contributed by atoms with Crippen molar-refractivity contribution >= 4 is 28.0 Å². The highest BCUT2D eigenvalue weighted by atomic mass is 32.2. The molecule has 1 aliphatic carbocycles. The molecule has 3 aromatic heterocycles. The summed E-state index contributed by atoms with van der Waals surface area (Å²) in [6.07, 6.45) is 7.18. The Kier molecular flexibility index (Phi) is 4.92. The van der Waals surface area contributed by atoms with E-state index < -0.39 is 11.2 Å². The number of ether oxygens (including phenoxy) is 1. The van der Waals surface area contributed by atoms with Gasteiger partial charge in [-0.3, -0.25) is 0 Å². The van der Waals surface area contributed by atoms with Crippen molar-refractivity contribution in [2.75, 3.05) is 24.8 Å². The summed E-state index contributed by atoms with van der Waals surface area (Å²) in [5.41, 5.74) is 1.82. The fourth-order valence-corrected chi connectivity index (χ4v) is 5.11. The third-order valence-electron chi connectivity index (χ3n) is 5.30. The van der Waals surface area contributed by atoms with Crippen molar-refractivity contribution in [2.24, 2.45) is 5.92 Å². The van der Waals surface area contributed by atoms with E-state index in [0.717, 1.165) is 40.2 Å². The number of nitrogens with one attached hydrogen (secondary N) is 1. The topological polar surface area (TPSA) is 90.0 Å². The lowest BCUT2D eigenvalue weighted by atomic mass is 9.81. The van der Waals surface area contributed by atoms with Crippen LogP contribution in [-0.4, -0.2) is 50.4 Å². The van der Waals surface area contributed by atoms with Crippen molar-refractivity contribution in [2.45, 2.75) is 30.7 Å². The maximum Gasteiger partial charge on any atom is 0.213 e. The van der Waals surface area contributed by atoms with E-state index in [-0.39, 0.29) is 0 Å². The predicted molar refractivity (Wildman–Crippen MR) is 106 cm³/mol. The van der Waals surface area contributed by atoms with Gasteiger partial charge in [-0.1, -0.05) is 0 Å². The molecule has 3 aromatic rings. The van der Waals surface area contributed by atoms with Crippen molar-refractivity contribution in [1.29, 1.82) is 0 Å². The van der Waals surface area contributed by atoms with E-state index in [0.29, 0.717) is 23.6 Å². The lowest BCUT2D eigenvalue weighted by Crippen LogP contribution is -2.45. The van der Waals surface area contributed by atoms with Gasteiger partial charge in [0, 0.05) is 36.8 Å². The minimum atomic E-state index is -1.04. The Labute approximate surface area is 161 Å². The van der Waals surface area contributed by atoms with E-state index in [1.807, 2.05) is 25.3 Å². The van der Waals surface area contributed by atoms with Crippen LogP contribution in [0, 0.1) is 12.8 Å². The number of methoxy groups -OCH3 is 1. The number of aromatic nitrogens is 4. The van der Waals surface area contributed by atoms with Gasteiger partial charge in [0.25, 0.3) is 0 Å². The minimum Gasteiger partial charge on any atom is -0.611 e. The van der Waals surface area contributed by atoms with Crippen molar-refractivity contribution in [3.8, 4) is 5.88 Å². The number of rotatable bonds is 6. The summed E-state index contributed by atoms with van der Waals surface area (Å²) < 4.78 is 17.9. The molecule has 0 saturated heterocycles. The van der Waals surface area contributed by atoms with Crippen LogP contribution >= 0.6 is 0 Å². The highest BCUT2D eigenvalue weighted by molar-refractivity contribution is 7.91. The summed E-state index contributed by atoms with van der Waals surface area (Å²) in [5, 5.41) is 1.03. The Morgan fingerprint density at radius 3 is 2.89 bits per heavy atom. The molecule has 4 rings (SSSR count). The molecule has 1 aliphatic rings. The molecule has 3 heterocycles. The molecule has 27 heavy (non-hydrogen) atoms. The second kappa shape index (κ2) is 7.36. The zero-order valence-corrected chi connectivity index (χ0v) is 16.5. The molecule has 8 heteroatoms. The first-order valence-corrected chi connectivity index (χ1v) is 10.3. The average molecular weight is 385 g/mol. The first kappa shape index (κ1) is 18.1. The second-order valence-corrected chi connectivity index (χ2v) is 8.51. The Bertz CT molecular complexity index is 941. The van der Waals surface area contributed by atoms with E-state index >= 15 is 0 Å². The van der Waals surface area contributed by atoms with E-state index in [2.05, 4.69) is 31.9 Å². The molecule has 1 N–H and O–H groups in total. The van der Waals surface area contributed by atoms with E-state index in [1.165, 1.54) is 0 Å². The maximum absolute atomic E-state index is 12.7. The first-order chi connectivity index (χ1) is 13.1. The summed E-state index contributed by atoms with van der Waals surface area (Å²) in [5.74, 6) is 2.62. The molecule has 7 nitrogen and oxygen atoms in total. The number of anilines is 1. The van der Waals surface area contributed by atoms with Crippen LogP contribution in [0.2, 0.25) is 0 Å². The van der Waals surface area contributed by atoms with Crippen LogP contribution in [0.4, 0.5) is 5.82 Å². The standard InChI is InChI=1S/C19H23N5O2S/c1-12-6-17(26-3)21-9-16(12)27(25)10-13-7-14(8-13)24(2)19-15-4-5-20-18(15)22-11-23-19/h4-6,9,11,13-14H,7-8,10H2,1-3H3,(H,20,22,23)/t13-,14+,27?. The highest BCUT2D eigenvalue weighted by Crippen LogP contribution is 2.37. The fourth-order valence-electron chi connectivity index (χ4n) is 3.64. The molecule has 0 bridgehead atoms. The smallest absolute Gasteiger partial charge is 0.213 e. The predicted octanol–water partition coefficient (Wildman–Crippen LogP) is 2.69. The minimum absolute atomic E-state index is 0.412. The number of pyridine rings is 1. The Morgan fingerprint density at radius 1 is 1.33 bits per heavy atom. The average Bonchev–Trinajstić information content (AvgIpc) is 3.12. The molecule has 0 aromatic carbocycles. The molecule has 1 atom stereocenters. The van der Waals surface area contributed by atoms with Crippen LogP contribution in [0.5, 0.6) is 5.88 Å². The number of nitrogens with zero attached hydrogens (tertiary/aromatic N) is 4. The fraction of sp³-hybridized carbons (Fsp3) is 0.421. The lowest BCUT2D eigenvalue weighted by molar-refractivity contribution is 0.282. The van der Waals surface area contributed by atoms with Gasteiger partial charge in [-0.05, 0) is 37.0 Å². The number of fused-ring (bicyclic) bond motifs is 1. The van der Waals surface area contributed by atoms with Crippen LogP contribution in [0.15, 0.2) is 35.7 Å². The monoisotopic (exact) mass is 385 g/mol. The molecule has 1 saturated carbocycles. The summed E-state index contributed by atoms with van der Waals surface area (Å²) in [6.45, 7) is 1.95. The van der Waals surface area contributed by atoms with Gasteiger partial charge < -0.3 is 19.2 Å². The van der Waals surface area contributed by atoms with Crippen LogP contribution in [0.1, 0.15) is 18.4 Å². The maximum atomic E-state index is 12.7. The zero-order valence-electron chi connectivity index (χ0n) is 15.7. The lowest BCUT2D eigenvalue weighted by Gasteiger charge is -2.41.